The monoisotopic (exact) mass is 254 g/mol. The molecule has 1 fully saturated rings. The van der Waals surface area contributed by atoms with Crippen LogP contribution in [0.2, 0.25) is 0 Å². The molecule has 1 unspecified atom stereocenters. The van der Waals surface area contributed by atoms with E-state index < -0.39 is 0 Å². The van der Waals surface area contributed by atoms with Crippen LogP contribution < -0.4 is 10.6 Å². The van der Waals surface area contributed by atoms with Gasteiger partial charge in [-0.2, -0.15) is 0 Å². The standard InChI is InChI=1S/C15H18N4/c16-10-12-3-4-15(18-11-12)19-9-1-2-14(19)13-5-7-17-8-6-13/h3-8,11,14H,1-2,9-10,16H2. The van der Waals surface area contributed by atoms with Crippen LogP contribution in [-0.2, 0) is 6.54 Å². The summed E-state index contributed by atoms with van der Waals surface area (Å²) in [5.74, 6) is 1.04. The maximum Gasteiger partial charge on any atom is 0.128 e. The average Bonchev–Trinajstić information content (AvgIpc) is 2.98. The molecule has 2 N–H and O–H groups in total. The van der Waals surface area contributed by atoms with Gasteiger partial charge in [-0.3, -0.25) is 4.98 Å². The van der Waals surface area contributed by atoms with Crippen molar-refractivity contribution >= 4 is 5.82 Å². The van der Waals surface area contributed by atoms with Gasteiger partial charge in [0, 0.05) is 31.7 Å². The van der Waals surface area contributed by atoms with Gasteiger partial charge in [0.25, 0.3) is 0 Å². The normalized spacial score (nSPS) is 18.8. The molecule has 0 bridgehead atoms. The fraction of sp³-hybridized carbons (Fsp3) is 0.333. The smallest absolute Gasteiger partial charge is 0.128 e. The summed E-state index contributed by atoms with van der Waals surface area (Å²) in [6.07, 6.45) is 7.96. The van der Waals surface area contributed by atoms with Gasteiger partial charge >= 0.3 is 0 Å². The van der Waals surface area contributed by atoms with E-state index in [0.717, 1.165) is 17.9 Å². The molecule has 19 heavy (non-hydrogen) atoms. The second-order valence-corrected chi connectivity index (χ2v) is 4.86. The molecule has 0 spiro atoms. The Morgan fingerprint density at radius 1 is 1.21 bits per heavy atom. The molecular formula is C15H18N4. The van der Waals surface area contributed by atoms with E-state index >= 15 is 0 Å². The summed E-state index contributed by atoms with van der Waals surface area (Å²) in [6.45, 7) is 1.60. The molecule has 0 saturated carbocycles. The van der Waals surface area contributed by atoms with E-state index in [1.165, 1.54) is 18.4 Å². The number of hydrogen-bond acceptors (Lipinski definition) is 4. The summed E-state index contributed by atoms with van der Waals surface area (Å²) in [7, 11) is 0. The highest BCUT2D eigenvalue weighted by atomic mass is 15.2. The maximum absolute atomic E-state index is 5.61. The third-order valence-corrected chi connectivity index (χ3v) is 3.68. The third-order valence-electron chi connectivity index (χ3n) is 3.68. The molecule has 1 saturated heterocycles. The highest BCUT2D eigenvalue weighted by Gasteiger charge is 2.26. The number of anilines is 1. The number of nitrogens with zero attached hydrogens (tertiary/aromatic N) is 3. The zero-order valence-corrected chi connectivity index (χ0v) is 10.9. The Kier molecular flexibility index (Phi) is 3.42. The molecule has 3 heterocycles. The van der Waals surface area contributed by atoms with Crippen molar-refractivity contribution in [1.82, 2.24) is 9.97 Å². The second-order valence-electron chi connectivity index (χ2n) is 4.86. The molecule has 0 amide bonds. The summed E-state index contributed by atoms with van der Waals surface area (Å²) in [4.78, 5) is 11.0. The minimum atomic E-state index is 0.416. The molecule has 4 heteroatoms. The largest absolute Gasteiger partial charge is 0.350 e. The predicted octanol–water partition coefficient (Wildman–Crippen LogP) is 2.28. The lowest BCUT2D eigenvalue weighted by molar-refractivity contribution is 0.710. The Hall–Kier alpha value is -1.94. The first-order chi connectivity index (χ1) is 9.38. The van der Waals surface area contributed by atoms with Crippen molar-refractivity contribution in [3.05, 3.63) is 54.0 Å². The van der Waals surface area contributed by atoms with Crippen molar-refractivity contribution in [2.24, 2.45) is 5.73 Å². The van der Waals surface area contributed by atoms with E-state index in [2.05, 4.69) is 39.1 Å². The van der Waals surface area contributed by atoms with Gasteiger partial charge < -0.3 is 10.6 Å². The lowest BCUT2D eigenvalue weighted by atomic mass is 10.1. The fourth-order valence-electron chi connectivity index (χ4n) is 2.68. The van der Waals surface area contributed by atoms with Gasteiger partial charge in [-0.25, -0.2) is 4.98 Å². The van der Waals surface area contributed by atoms with Crippen LogP contribution in [0.4, 0.5) is 5.82 Å². The fourth-order valence-corrected chi connectivity index (χ4v) is 2.68. The van der Waals surface area contributed by atoms with Crippen LogP contribution in [0.5, 0.6) is 0 Å². The molecule has 0 radical (unpaired) electrons. The summed E-state index contributed by atoms with van der Waals surface area (Å²) in [5, 5.41) is 0. The Labute approximate surface area is 113 Å². The topological polar surface area (TPSA) is 55.0 Å². The Balaban J connectivity index is 1.86. The lowest BCUT2D eigenvalue weighted by Crippen LogP contribution is -2.23. The van der Waals surface area contributed by atoms with E-state index in [0.29, 0.717) is 12.6 Å². The third kappa shape index (κ3) is 2.44. The predicted molar refractivity (Wildman–Crippen MR) is 75.7 cm³/mol. The first-order valence-electron chi connectivity index (χ1n) is 6.70. The van der Waals surface area contributed by atoms with Gasteiger partial charge in [0.1, 0.15) is 5.82 Å². The molecule has 4 nitrogen and oxygen atoms in total. The highest BCUT2D eigenvalue weighted by molar-refractivity contribution is 5.44. The zero-order valence-electron chi connectivity index (χ0n) is 10.9. The lowest BCUT2D eigenvalue weighted by Gasteiger charge is -2.26. The minimum absolute atomic E-state index is 0.416. The summed E-state index contributed by atoms with van der Waals surface area (Å²) >= 11 is 0. The van der Waals surface area contributed by atoms with Crippen LogP contribution in [0, 0.1) is 0 Å². The Morgan fingerprint density at radius 3 is 2.74 bits per heavy atom. The Morgan fingerprint density at radius 2 is 2.05 bits per heavy atom. The first kappa shape index (κ1) is 12.1. The molecule has 0 aromatic carbocycles. The zero-order chi connectivity index (χ0) is 13.1. The van der Waals surface area contributed by atoms with Gasteiger partial charge in [-0.1, -0.05) is 6.07 Å². The number of hydrogen-bond donors (Lipinski definition) is 1. The van der Waals surface area contributed by atoms with Crippen molar-refractivity contribution in [3.8, 4) is 0 Å². The summed E-state index contributed by atoms with van der Waals surface area (Å²) < 4.78 is 0. The van der Waals surface area contributed by atoms with Crippen molar-refractivity contribution in [2.75, 3.05) is 11.4 Å². The molecule has 2 aromatic heterocycles. The molecular weight excluding hydrogens is 236 g/mol. The van der Waals surface area contributed by atoms with Gasteiger partial charge in [0.05, 0.1) is 6.04 Å². The molecule has 1 aliphatic rings. The summed E-state index contributed by atoms with van der Waals surface area (Å²) in [6, 6.07) is 8.74. The number of aromatic nitrogens is 2. The van der Waals surface area contributed by atoms with E-state index in [1.54, 1.807) is 0 Å². The van der Waals surface area contributed by atoms with Crippen LogP contribution in [-0.4, -0.2) is 16.5 Å². The molecule has 3 rings (SSSR count). The van der Waals surface area contributed by atoms with Crippen LogP contribution in [0.1, 0.15) is 30.0 Å². The van der Waals surface area contributed by atoms with Crippen LogP contribution >= 0.6 is 0 Å². The van der Waals surface area contributed by atoms with Crippen LogP contribution in [0.25, 0.3) is 0 Å². The van der Waals surface area contributed by atoms with Crippen LogP contribution in [0.3, 0.4) is 0 Å². The molecule has 2 aromatic rings. The van der Waals surface area contributed by atoms with Crippen molar-refractivity contribution in [3.63, 3.8) is 0 Å². The summed E-state index contributed by atoms with van der Waals surface area (Å²) in [5.41, 5.74) is 8.00. The van der Waals surface area contributed by atoms with Crippen molar-refractivity contribution < 1.29 is 0 Å². The number of pyridine rings is 2. The van der Waals surface area contributed by atoms with E-state index in [-0.39, 0.29) is 0 Å². The number of nitrogens with two attached hydrogens (primary N) is 1. The second kappa shape index (κ2) is 5.36. The quantitative estimate of drug-likeness (QED) is 0.913. The van der Waals surface area contributed by atoms with Crippen LogP contribution in [0.15, 0.2) is 42.9 Å². The van der Waals surface area contributed by atoms with E-state index in [1.807, 2.05) is 18.6 Å². The highest BCUT2D eigenvalue weighted by Crippen LogP contribution is 2.34. The molecule has 98 valence electrons. The maximum atomic E-state index is 5.61. The minimum Gasteiger partial charge on any atom is -0.350 e. The average molecular weight is 254 g/mol. The molecule has 1 atom stereocenters. The number of rotatable bonds is 3. The SMILES string of the molecule is NCc1ccc(N2CCCC2c2ccncc2)nc1. The first-order valence-corrected chi connectivity index (χ1v) is 6.70. The van der Waals surface area contributed by atoms with Crippen molar-refractivity contribution in [2.45, 2.75) is 25.4 Å². The van der Waals surface area contributed by atoms with Gasteiger partial charge in [-0.05, 0) is 42.2 Å². The van der Waals surface area contributed by atoms with E-state index in [4.69, 9.17) is 5.73 Å². The van der Waals surface area contributed by atoms with Gasteiger partial charge in [0.15, 0.2) is 0 Å². The molecule has 1 aliphatic heterocycles. The van der Waals surface area contributed by atoms with Gasteiger partial charge in [-0.15, -0.1) is 0 Å². The van der Waals surface area contributed by atoms with Gasteiger partial charge in [0.2, 0.25) is 0 Å². The van der Waals surface area contributed by atoms with Crippen molar-refractivity contribution in [1.29, 1.82) is 0 Å². The van der Waals surface area contributed by atoms with E-state index in [9.17, 15) is 0 Å². The Bertz CT molecular complexity index is 524. The molecule has 0 aliphatic carbocycles.